The lowest BCUT2D eigenvalue weighted by molar-refractivity contribution is 0.395. The quantitative estimate of drug-likeness (QED) is 0.447. The molecule has 3 rings (SSSR count). The number of nitrogens with zero attached hydrogens (tertiary/aromatic N) is 2. The van der Waals surface area contributed by atoms with E-state index in [0.29, 0.717) is 5.92 Å². The van der Waals surface area contributed by atoms with Gasteiger partial charge in [-0.25, -0.2) is 0 Å². The van der Waals surface area contributed by atoms with Crippen LogP contribution in [-0.4, -0.2) is 18.8 Å². The van der Waals surface area contributed by atoms with Crippen LogP contribution in [-0.2, 0) is 0 Å². The van der Waals surface area contributed by atoms with Gasteiger partial charge in [0.05, 0.1) is 5.69 Å². The average Bonchev–Trinajstić information content (AvgIpc) is 2.51. The minimum atomic E-state index is 0.210. The maximum absolute atomic E-state index is 4.65. The Morgan fingerprint density at radius 3 is 2.70 bits per heavy atom. The molecule has 0 amide bonds. The van der Waals surface area contributed by atoms with Gasteiger partial charge in [-0.15, -0.1) is 0 Å². The van der Waals surface area contributed by atoms with Crippen LogP contribution in [0, 0.1) is 3.57 Å². The summed E-state index contributed by atoms with van der Waals surface area (Å²) in [5, 5.41) is 0. The highest BCUT2D eigenvalue weighted by Gasteiger charge is 2.33. The second-order valence-electron chi connectivity index (χ2n) is 7.00. The minimum Gasteiger partial charge on any atom is -0.369 e. The first-order valence-corrected chi connectivity index (χ1v) is 9.13. The summed E-state index contributed by atoms with van der Waals surface area (Å²) < 4.78 is 1.18. The van der Waals surface area contributed by atoms with Crippen molar-refractivity contribution in [1.82, 2.24) is 0 Å². The zero-order valence-corrected chi connectivity index (χ0v) is 16.3. The van der Waals surface area contributed by atoms with E-state index in [1.54, 1.807) is 0 Å². The van der Waals surface area contributed by atoms with Gasteiger partial charge in [0.25, 0.3) is 0 Å². The molecule has 1 aliphatic rings. The van der Waals surface area contributed by atoms with Crippen molar-refractivity contribution in [3.63, 3.8) is 0 Å². The Morgan fingerprint density at radius 2 is 1.96 bits per heavy atom. The van der Waals surface area contributed by atoms with Gasteiger partial charge in [-0.05, 0) is 84.2 Å². The molecule has 0 saturated heterocycles. The molecule has 2 aromatic carbocycles. The third-order valence-corrected chi connectivity index (χ3v) is 5.77. The van der Waals surface area contributed by atoms with Crippen LogP contribution in [0.15, 0.2) is 47.5 Å². The van der Waals surface area contributed by atoms with Crippen molar-refractivity contribution in [2.45, 2.75) is 38.6 Å². The van der Waals surface area contributed by atoms with E-state index >= 15 is 0 Å². The van der Waals surface area contributed by atoms with E-state index in [4.69, 9.17) is 0 Å². The van der Waals surface area contributed by atoms with Crippen molar-refractivity contribution in [3.05, 3.63) is 57.2 Å². The molecule has 1 unspecified atom stereocenters. The van der Waals surface area contributed by atoms with E-state index in [9.17, 15) is 0 Å². The number of hydrogen-bond donors (Lipinski definition) is 0. The Hall–Kier alpha value is -1.36. The Kier molecular flexibility index (Phi) is 4.50. The number of para-hydroxylation sites is 1. The number of hydrogen-bond acceptors (Lipinski definition) is 2. The fourth-order valence-corrected chi connectivity index (χ4v) is 3.90. The first-order chi connectivity index (χ1) is 10.9. The number of halogens is 1. The Labute approximate surface area is 152 Å². The highest BCUT2D eigenvalue weighted by Crippen LogP contribution is 2.42. The Morgan fingerprint density at radius 1 is 1.22 bits per heavy atom. The van der Waals surface area contributed by atoms with Gasteiger partial charge in [-0.1, -0.05) is 25.1 Å². The summed E-state index contributed by atoms with van der Waals surface area (Å²) in [6.07, 6.45) is 3.15. The molecule has 2 nitrogen and oxygen atoms in total. The molecule has 1 aliphatic heterocycles. The normalized spacial score (nSPS) is 19.9. The zero-order valence-electron chi connectivity index (χ0n) is 14.2. The first kappa shape index (κ1) is 16.5. The van der Waals surface area contributed by atoms with Gasteiger partial charge in [0.1, 0.15) is 0 Å². The van der Waals surface area contributed by atoms with Gasteiger partial charge in [0.2, 0.25) is 0 Å². The van der Waals surface area contributed by atoms with Crippen LogP contribution >= 0.6 is 22.6 Å². The third-order valence-electron chi connectivity index (χ3n) is 4.86. The topological polar surface area (TPSA) is 15.6 Å². The van der Waals surface area contributed by atoms with Gasteiger partial charge in [-0.2, -0.15) is 0 Å². The maximum atomic E-state index is 4.65. The summed E-state index contributed by atoms with van der Waals surface area (Å²) >= 11 is 2.33. The minimum absolute atomic E-state index is 0.210. The highest BCUT2D eigenvalue weighted by molar-refractivity contribution is 14.1. The predicted octanol–water partition coefficient (Wildman–Crippen LogP) is 5.76. The fraction of sp³-hybridized carbons (Fsp3) is 0.350. The molecular formula is C20H23IN2. The first-order valence-electron chi connectivity index (χ1n) is 8.05. The van der Waals surface area contributed by atoms with E-state index in [2.05, 4.69) is 90.6 Å². The van der Waals surface area contributed by atoms with Crippen molar-refractivity contribution in [3.8, 4) is 0 Å². The smallest absolute Gasteiger partial charge is 0.0763 e. The molecule has 0 fully saturated rings. The molecule has 0 aliphatic carbocycles. The van der Waals surface area contributed by atoms with Gasteiger partial charge < -0.3 is 4.90 Å². The van der Waals surface area contributed by atoms with Crippen LogP contribution in [0.1, 0.15) is 44.2 Å². The fourth-order valence-electron chi connectivity index (χ4n) is 3.38. The van der Waals surface area contributed by atoms with Crippen LogP contribution in [0.3, 0.4) is 0 Å². The summed E-state index contributed by atoms with van der Waals surface area (Å²) in [4.78, 5) is 7.06. The third kappa shape index (κ3) is 3.30. The van der Waals surface area contributed by atoms with Gasteiger partial charge >= 0.3 is 0 Å². The van der Waals surface area contributed by atoms with Gasteiger partial charge in [0, 0.05) is 28.1 Å². The molecule has 1 heterocycles. The zero-order chi connectivity index (χ0) is 16.6. The Bertz CT molecular complexity index is 749. The molecule has 0 aromatic heterocycles. The van der Waals surface area contributed by atoms with Crippen molar-refractivity contribution >= 4 is 40.2 Å². The van der Waals surface area contributed by atoms with Gasteiger partial charge in [0.15, 0.2) is 0 Å². The van der Waals surface area contributed by atoms with E-state index in [1.165, 1.54) is 26.8 Å². The number of rotatable bonds is 2. The largest absolute Gasteiger partial charge is 0.369 e. The SMILES string of the molecule is CC1CC(C)(C)N(C)c2ccc(C=Nc3ccccc3I)cc21. The monoisotopic (exact) mass is 418 g/mol. The molecule has 0 spiro atoms. The van der Waals surface area contributed by atoms with E-state index in [-0.39, 0.29) is 5.54 Å². The molecule has 0 radical (unpaired) electrons. The van der Waals surface area contributed by atoms with Crippen molar-refractivity contribution < 1.29 is 0 Å². The summed E-state index contributed by atoms with van der Waals surface area (Å²) in [6, 6.07) is 14.9. The van der Waals surface area contributed by atoms with Crippen molar-refractivity contribution in [2.24, 2.45) is 4.99 Å². The summed E-state index contributed by atoms with van der Waals surface area (Å²) in [5.74, 6) is 0.571. The molecule has 0 N–H and O–H groups in total. The molecule has 0 saturated carbocycles. The molecule has 2 aromatic rings. The van der Waals surface area contributed by atoms with E-state index < -0.39 is 0 Å². The predicted molar refractivity (Wildman–Crippen MR) is 108 cm³/mol. The molecule has 3 heteroatoms. The number of benzene rings is 2. The van der Waals surface area contributed by atoms with E-state index in [1.807, 2.05) is 18.3 Å². The summed E-state index contributed by atoms with van der Waals surface area (Å²) in [6.45, 7) is 6.97. The van der Waals surface area contributed by atoms with Crippen LogP contribution in [0.4, 0.5) is 11.4 Å². The summed E-state index contributed by atoms with van der Waals surface area (Å²) in [5.41, 5.74) is 5.18. The molecule has 120 valence electrons. The van der Waals surface area contributed by atoms with Crippen LogP contribution in [0.25, 0.3) is 0 Å². The second-order valence-corrected chi connectivity index (χ2v) is 8.17. The Balaban J connectivity index is 1.93. The maximum Gasteiger partial charge on any atom is 0.0763 e. The lowest BCUT2D eigenvalue weighted by atomic mass is 9.80. The standard InChI is InChI=1S/C20H23IN2/c1-14-12-20(2,3)23(4)19-10-9-15(11-16(14)19)13-22-18-8-6-5-7-17(18)21/h5-11,13-14H,12H2,1-4H3. The lowest BCUT2D eigenvalue weighted by Crippen LogP contribution is -2.45. The van der Waals surface area contributed by atoms with Crippen molar-refractivity contribution in [2.75, 3.05) is 11.9 Å². The molecular weight excluding hydrogens is 395 g/mol. The molecule has 23 heavy (non-hydrogen) atoms. The lowest BCUT2D eigenvalue weighted by Gasteiger charge is -2.45. The van der Waals surface area contributed by atoms with Crippen LogP contribution in [0.5, 0.6) is 0 Å². The number of fused-ring (bicyclic) bond motifs is 1. The van der Waals surface area contributed by atoms with Crippen LogP contribution < -0.4 is 4.90 Å². The van der Waals surface area contributed by atoms with E-state index in [0.717, 1.165) is 5.69 Å². The average molecular weight is 418 g/mol. The molecule has 1 atom stereocenters. The van der Waals surface area contributed by atoms with Crippen LogP contribution in [0.2, 0.25) is 0 Å². The summed E-state index contributed by atoms with van der Waals surface area (Å²) in [7, 11) is 2.20. The number of aliphatic imine (C=N–C) groups is 1. The van der Waals surface area contributed by atoms with Crippen molar-refractivity contribution in [1.29, 1.82) is 0 Å². The second kappa shape index (κ2) is 6.27. The number of anilines is 1. The highest BCUT2D eigenvalue weighted by atomic mass is 127. The van der Waals surface area contributed by atoms with Gasteiger partial charge in [-0.3, -0.25) is 4.99 Å². The molecule has 0 bridgehead atoms.